The van der Waals surface area contributed by atoms with Crippen molar-refractivity contribution in [3.8, 4) is 0 Å². The van der Waals surface area contributed by atoms with E-state index >= 15 is 0 Å². The van der Waals surface area contributed by atoms with Crippen molar-refractivity contribution in [3.05, 3.63) is 0 Å². The summed E-state index contributed by atoms with van der Waals surface area (Å²) in [6, 6.07) is 0. The normalized spacial score (nSPS) is 9.86. The average molecular weight is 448 g/mol. The maximum atomic E-state index is 10.2. The van der Waals surface area contributed by atoms with E-state index in [0.29, 0.717) is 11.8 Å². The number of hydrogen-bond acceptors (Lipinski definition) is 2. The maximum Gasteiger partial charge on any atom is 0.0319 e. The van der Waals surface area contributed by atoms with Gasteiger partial charge in [-0.15, -0.1) is 6.42 Å². The molecule has 0 heterocycles. The molecule has 136 valence electrons. The van der Waals surface area contributed by atoms with Gasteiger partial charge in [-0.25, -0.2) is 0 Å². The fourth-order valence-electron chi connectivity index (χ4n) is 2.27. The van der Waals surface area contributed by atoms with Crippen molar-refractivity contribution >= 4 is 6.29 Å². The summed E-state index contributed by atoms with van der Waals surface area (Å²) >= 11 is 0. The van der Waals surface area contributed by atoms with Gasteiger partial charge in [0.2, 0.25) is 0 Å². The van der Waals surface area contributed by atoms with Crippen LogP contribution in [0.4, 0.5) is 0 Å². The fraction of sp³-hybridized carbons (Fsp3) is 0.947. The molecule has 0 aromatic rings. The molecule has 0 saturated heterocycles. The van der Waals surface area contributed by atoms with Crippen LogP contribution >= 0.6 is 0 Å². The second kappa shape index (κ2) is 22.0. The second-order valence-electron chi connectivity index (χ2n) is 7.41. The molecule has 0 fully saturated rings. The molecule has 0 aliphatic rings. The Kier molecular flexibility index (Phi) is 34.3. The van der Waals surface area contributed by atoms with Gasteiger partial charge in [-0.3, -0.25) is 6.29 Å². The molecule has 0 unspecified atom stereocenters. The van der Waals surface area contributed by atoms with Gasteiger partial charge in [0.05, 0.1) is 0 Å². The summed E-state index contributed by atoms with van der Waals surface area (Å²) in [6.45, 7) is 21.5. The minimum absolute atomic E-state index is 0. The molecular formula is C19H43NdO2-. The molecule has 22 heavy (non-hydrogen) atoms. The van der Waals surface area contributed by atoms with Crippen LogP contribution in [0.3, 0.4) is 0 Å². The third kappa shape index (κ3) is 42.9. The zero-order valence-electron chi connectivity index (χ0n) is 17.3. The quantitative estimate of drug-likeness (QED) is 0.523. The van der Waals surface area contributed by atoms with Crippen molar-refractivity contribution in [2.45, 2.75) is 94.9 Å². The van der Waals surface area contributed by atoms with Crippen molar-refractivity contribution < 1.29 is 50.7 Å². The first-order valence-corrected chi connectivity index (χ1v) is 8.34. The Hall–Kier alpha value is 0.981. The van der Waals surface area contributed by atoms with E-state index in [1.54, 1.807) is 0 Å². The molecule has 1 N–H and O–H groups in total. The molecule has 2 nitrogen and oxygen atoms in total. The van der Waals surface area contributed by atoms with Crippen molar-refractivity contribution in [2.75, 3.05) is 7.11 Å². The minimum atomic E-state index is 0. The van der Waals surface area contributed by atoms with Gasteiger partial charge in [0.1, 0.15) is 0 Å². The molecule has 0 rings (SSSR count). The predicted molar refractivity (Wildman–Crippen MR) is 97.4 cm³/mol. The molecule has 0 atom stereocenters. The van der Waals surface area contributed by atoms with Crippen LogP contribution in [0, 0.1) is 57.6 Å². The van der Waals surface area contributed by atoms with Gasteiger partial charge >= 0.3 is 0 Å². The molecule has 0 spiro atoms. The van der Waals surface area contributed by atoms with Crippen LogP contribution in [0.15, 0.2) is 0 Å². The van der Waals surface area contributed by atoms with Gasteiger partial charge < -0.3 is 9.90 Å². The van der Waals surface area contributed by atoms with Crippen LogP contribution in [0.1, 0.15) is 94.9 Å². The Balaban J connectivity index is -0.0000000749. The molecule has 0 radical (unpaired) electrons. The number of hydrogen-bond donors (Lipinski definition) is 1. The summed E-state index contributed by atoms with van der Waals surface area (Å²) in [4.78, 5) is 10.2. The molecule has 0 amide bonds. The Morgan fingerprint density at radius 3 is 1.50 bits per heavy atom. The summed E-state index contributed by atoms with van der Waals surface area (Å²) in [5.74, 6) is 0.898. The monoisotopic (exact) mass is 445 g/mol. The van der Waals surface area contributed by atoms with Crippen LogP contribution in [0.25, 0.3) is 0 Å². The Labute approximate surface area is 174 Å². The third-order valence-corrected chi connectivity index (χ3v) is 2.43. The van der Waals surface area contributed by atoms with E-state index in [1.807, 2.05) is 20.1 Å². The van der Waals surface area contributed by atoms with Gasteiger partial charge in [0.15, 0.2) is 0 Å². The van der Waals surface area contributed by atoms with Gasteiger partial charge in [-0.05, 0) is 17.8 Å². The molecule has 0 saturated carbocycles. The minimum Gasteiger partial charge on any atom is -0.542 e. The van der Waals surface area contributed by atoms with Crippen LogP contribution in [-0.4, -0.2) is 18.5 Å². The van der Waals surface area contributed by atoms with E-state index in [1.165, 1.54) is 12.8 Å². The van der Waals surface area contributed by atoms with Crippen LogP contribution in [0.2, 0.25) is 0 Å². The summed E-state index contributed by atoms with van der Waals surface area (Å²) in [5.41, 5.74) is 0.417. The Morgan fingerprint density at radius 1 is 1.00 bits per heavy atom. The first-order chi connectivity index (χ1) is 9.54. The first-order valence-electron chi connectivity index (χ1n) is 8.34. The first kappa shape index (κ1) is 34.3. The summed E-state index contributed by atoms with van der Waals surface area (Å²) in [6.07, 6.45) is 6.30. The van der Waals surface area contributed by atoms with E-state index in [0.717, 1.165) is 19.4 Å². The molecular weight excluding hydrogens is 404 g/mol. The summed E-state index contributed by atoms with van der Waals surface area (Å²) in [5, 5.41) is 7.00. The van der Waals surface area contributed by atoms with E-state index in [4.69, 9.17) is 5.11 Å². The van der Waals surface area contributed by atoms with Gasteiger partial charge in [-0.1, -0.05) is 87.5 Å². The molecule has 0 aliphatic heterocycles. The largest absolute Gasteiger partial charge is 0.542 e. The number of aliphatic hydroxyl groups excluding tert-OH is 1. The molecule has 0 bridgehead atoms. The number of rotatable bonds is 5. The van der Waals surface area contributed by atoms with Gasteiger partial charge in [-0.2, -0.15) is 0 Å². The Bertz CT molecular complexity index is 194. The van der Waals surface area contributed by atoms with Crippen molar-refractivity contribution in [2.24, 2.45) is 16.7 Å². The smallest absolute Gasteiger partial charge is 0.0319 e. The standard InChI is InChI=1S/C10H19O.C6H14.C2H6.CH4O.Nd/c1-9(2,3)8-10(4,5)6-7-11;1-4-5-6(2)3;2*1-2;/h6,8H2,1-5H3;6H,4-5H2,1-3H3;1-2H3;2H,1H3;/q-1;;;;. The average Bonchev–Trinajstić information content (AvgIpc) is 2.31. The van der Waals surface area contributed by atoms with Crippen LogP contribution < -0.4 is 0 Å². The fourth-order valence-corrected chi connectivity index (χ4v) is 2.27. The number of aliphatic hydroxyl groups is 1. The molecule has 0 aromatic heterocycles. The SMILES string of the molecule is CC.CC(C)(C)CC(C)(C)C[C-]=O.CCCC(C)C.CO.[Nd]. The van der Waals surface area contributed by atoms with Crippen molar-refractivity contribution in [1.29, 1.82) is 0 Å². The van der Waals surface area contributed by atoms with Crippen molar-refractivity contribution in [1.82, 2.24) is 0 Å². The van der Waals surface area contributed by atoms with Crippen LogP contribution in [0.5, 0.6) is 0 Å². The van der Waals surface area contributed by atoms with Gasteiger partial charge in [0.25, 0.3) is 0 Å². The van der Waals surface area contributed by atoms with Crippen molar-refractivity contribution in [3.63, 3.8) is 0 Å². The number of carbonyl (C=O) groups excluding carboxylic acids is 1. The zero-order chi connectivity index (χ0) is 18.1. The van der Waals surface area contributed by atoms with E-state index in [-0.39, 0.29) is 46.3 Å². The Morgan fingerprint density at radius 2 is 1.36 bits per heavy atom. The maximum absolute atomic E-state index is 10.2. The predicted octanol–water partition coefficient (Wildman–Crippen LogP) is 6.03. The summed E-state index contributed by atoms with van der Waals surface area (Å²) < 4.78 is 0. The molecule has 0 aliphatic carbocycles. The second-order valence-corrected chi connectivity index (χ2v) is 7.41. The van der Waals surface area contributed by atoms with E-state index in [9.17, 15) is 4.79 Å². The zero-order valence-corrected chi connectivity index (χ0v) is 20.5. The van der Waals surface area contributed by atoms with Crippen LogP contribution in [-0.2, 0) is 4.79 Å². The van der Waals surface area contributed by atoms with E-state index < -0.39 is 0 Å². The van der Waals surface area contributed by atoms with E-state index in [2.05, 4.69) is 55.4 Å². The topological polar surface area (TPSA) is 37.3 Å². The molecule has 3 heteroatoms. The summed E-state index contributed by atoms with van der Waals surface area (Å²) in [7, 11) is 1.00. The molecule has 0 aromatic carbocycles. The third-order valence-electron chi connectivity index (χ3n) is 2.43. The van der Waals surface area contributed by atoms with Gasteiger partial charge in [0, 0.05) is 47.9 Å².